The second kappa shape index (κ2) is 8.77. The Labute approximate surface area is 162 Å². The Balaban J connectivity index is 1.62. The highest BCUT2D eigenvalue weighted by atomic mass is 16.5. The van der Waals surface area contributed by atoms with Crippen molar-refractivity contribution in [3.05, 3.63) is 77.6 Å². The van der Waals surface area contributed by atoms with E-state index in [-0.39, 0.29) is 5.91 Å². The Kier molecular flexibility index (Phi) is 5.96. The summed E-state index contributed by atoms with van der Waals surface area (Å²) in [5.41, 5.74) is 3.30. The summed E-state index contributed by atoms with van der Waals surface area (Å²) in [6.45, 7) is 4.06. The fraction of sp³-hybridized carbons (Fsp3) is 0.143. The maximum Gasteiger partial charge on any atom is 0.338 e. The van der Waals surface area contributed by atoms with Gasteiger partial charge in [0.15, 0.2) is 0 Å². The number of esters is 1. The Hall–Kier alpha value is -3.74. The number of carbonyl (C=O) groups excluding carboxylic acids is 2. The van der Waals surface area contributed by atoms with Crippen molar-refractivity contribution in [1.29, 1.82) is 0 Å². The second-order valence-electron chi connectivity index (χ2n) is 6.04. The Morgan fingerprint density at radius 1 is 0.964 bits per heavy atom. The molecule has 2 N–H and O–H groups in total. The fourth-order valence-electron chi connectivity index (χ4n) is 2.47. The van der Waals surface area contributed by atoms with Crippen molar-refractivity contribution in [1.82, 2.24) is 9.97 Å². The zero-order valence-electron chi connectivity index (χ0n) is 15.6. The molecule has 1 amide bonds. The molecule has 0 radical (unpaired) electrons. The predicted molar refractivity (Wildman–Crippen MR) is 107 cm³/mol. The molecule has 0 fully saturated rings. The fourth-order valence-corrected chi connectivity index (χ4v) is 2.47. The quantitative estimate of drug-likeness (QED) is 0.633. The number of carbonyl (C=O) groups is 2. The summed E-state index contributed by atoms with van der Waals surface area (Å²) in [4.78, 5) is 32.4. The molecule has 0 atom stereocenters. The van der Waals surface area contributed by atoms with Crippen LogP contribution >= 0.6 is 0 Å². The van der Waals surface area contributed by atoms with Gasteiger partial charge >= 0.3 is 5.97 Å². The average Bonchev–Trinajstić information content (AvgIpc) is 2.69. The number of benzene rings is 2. The topological polar surface area (TPSA) is 93.2 Å². The van der Waals surface area contributed by atoms with Crippen LogP contribution in [0.4, 0.5) is 17.3 Å². The number of rotatable bonds is 6. The van der Waals surface area contributed by atoms with E-state index in [2.05, 4.69) is 20.6 Å². The van der Waals surface area contributed by atoms with Gasteiger partial charge in [-0.2, -0.15) is 0 Å². The van der Waals surface area contributed by atoms with Crippen LogP contribution in [0.3, 0.4) is 0 Å². The zero-order chi connectivity index (χ0) is 19.9. The Morgan fingerprint density at radius 3 is 2.32 bits per heavy atom. The first-order chi connectivity index (χ1) is 13.5. The minimum absolute atomic E-state index is 0.312. The van der Waals surface area contributed by atoms with Crippen LogP contribution in [0, 0.1) is 6.92 Å². The first-order valence-electron chi connectivity index (χ1n) is 8.79. The molecule has 0 aliphatic rings. The minimum Gasteiger partial charge on any atom is -0.462 e. The normalized spacial score (nSPS) is 10.2. The molecule has 1 aromatic heterocycles. The van der Waals surface area contributed by atoms with E-state index in [4.69, 9.17) is 4.74 Å². The van der Waals surface area contributed by atoms with Crippen LogP contribution in [0.2, 0.25) is 0 Å². The molecular weight excluding hydrogens is 356 g/mol. The number of anilines is 3. The van der Waals surface area contributed by atoms with E-state index in [1.807, 2.05) is 31.2 Å². The molecule has 0 bridgehead atoms. The largest absolute Gasteiger partial charge is 0.462 e. The third-order valence-electron chi connectivity index (χ3n) is 3.84. The number of ether oxygens (including phenoxy) is 1. The molecule has 7 heteroatoms. The smallest absolute Gasteiger partial charge is 0.338 e. The molecule has 3 rings (SSSR count). The lowest BCUT2D eigenvalue weighted by Gasteiger charge is -2.08. The monoisotopic (exact) mass is 376 g/mol. The van der Waals surface area contributed by atoms with Crippen molar-refractivity contribution in [2.75, 3.05) is 17.2 Å². The maximum atomic E-state index is 12.3. The van der Waals surface area contributed by atoms with Crippen molar-refractivity contribution >= 4 is 29.2 Å². The number of amides is 1. The van der Waals surface area contributed by atoms with Gasteiger partial charge in [-0.05, 0) is 55.8 Å². The van der Waals surface area contributed by atoms with E-state index >= 15 is 0 Å². The average molecular weight is 376 g/mol. The third-order valence-corrected chi connectivity index (χ3v) is 3.84. The van der Waals surface area contributed by atoms with E-state index in [1.54, 1.807) is 31.2 Å². The summed E-state index contributed by atoms with van der Waals surface area (Å²) in [5.74, 6) is -0.336. The number of aromatic nitrogens is 2. The lowest BCUT2D eigenvalue weighted by Crippen LogP contribution is -2.13. The van der Waals surface area contributed by atoms with Crippen LogP contribution in [0.5, 0.6) is 0 Å². The molecule has 0 aliphatic heterocycles. The van der Waals surface area contributed by atoms with Gasteiger partial charge in [-0.3, -0.25) is 4.79 Å². The highest BCUT2D eigenvalue weighted by molar-refractivity contribution is 6.04. The van der Waals surface area contributed by atoms with Crippen LogP contribution in [0.1, 0.15) is 33.2 Å². The van der Waals surface area contributed by atoms with Gasteiger partial charge in [-0.1, -0.05) is 12.1 Å². The van der Waals surface area contributed by atoms with Gasteiger partial charge in [-0.15, -0.1) is 0 Å². The van der Waals surface area contributed by atoms with Gasteiger partial charge < -0.3 is 15.4 Å². The highest BCUT2D eigenvalue weighted by Crippen LogP contribution is 2.15. The molecule has 1 heterocycles. The van der Waals surface area contributed by atoms with E-state index < -0.39 is 5.97 Å². The predicted octanol–water partition coefficient (Wildman–Crippen LogP) is 3.96. The summed E-state index contributed by atoms with van der Waals surface area (Å²) in [5, 5.41) is 5.83. The number of hydrogen-bond donors (Lipinski definition) is 2. The molecule has 0 saturated carbocycles. The molecule has 0 unspecified atom stereocenters. The standard InChI is InChI=1S/C21H20N4O3/c1-3-28-20(27)15-7-9-17(10-8-15)24-19(26)16-12-22-21(23-13-16)25-18-6-4-5-14(2)11-18/h4-13H,3H2,1-2H3,(H,24,26)(H,22,23,25). The van der Waals surface area contributed by atoms with Crippen molar-refractivity contribution in [3.63, 3.8) is 0 Å². The summed E-state index contributed by atoms with van der Waals surface area (Å²) in [6.07, 6.45) is 2.90. The molecule has 0 saturated heterocycles. The Bertz CT molecular complexity index is 970. The molecule has 7 nitrogen and oxygen atoms in total. The van der Waals surface area contributed by atoms with Crippen LogP contribution in [0.15, 0.2) is 60.9 Å². The van der Waals surface area contributed by atoms with Crippen LogP contribution < -0.4 is 10.6 Å². The number of nitrogens with one attached hydrogen (secondary N) is 2. The summed E-state index contributed by atoms with van der Waals surface area (Å²) >= 11 is 0. The highest BCUT2D eigenvalue weighted by Gasteiger charge is 2.10. The second-order valence-corrected chi connectivity index (χ2v) is 6.04. The van der Waals surface area contributed by atoms with Crippen molar-refractivity contribution in [2.24, 2.45) is 0 Å². The Morgan fingerprint density at radius 2 is 1.68 bits per heavy atom. The van der Waals surface area contributed by atoms with Gasteiger partial charge in [0.2, 0.25) is 5.95 Å². The van der Waals surface area contributed by atoms with Gasteiger partial charge in [0, 0.05) is 23.8 Å². The van der Waals surface area contributed by atoms with E-state index in [0.29, 0.717) is 29.4 Å². The SMILES string of the molecule is CCOC(=O)c1ccc(NC(=O)c2cnc(Nc3cccc(C)c3)nc2)cc1. The molecule has 142 valence electrons. The first kappa shape index (κ1) is 19.0. The zero-order valence-corrected chi connectivity index (χ0v) is 15.6. The van der Waals surface area contributed by atoms with Gasteiger partial charge in [0.05, 0.1) is 17.7 Å². The van der Waals surface area contributed by atoms with Gasteiger partial charge in [-0.25, -0.2) is 14.8 Å². The third kappa shape index (κ3) is 4.91. The molecule has 3 aromatic rings. The van der Waals surface area contributed by atoms with Crippen LogP contribution in [-0.2, 0) is 4.74 Å². The summed E-state index contributed by atoms with van der Waals surface area (Å²) in [7, 11) is 0. The molecule has 0 spiro atoms. The first-order valence-corrected chi connectivity index (χ1v) is 8.79. The van der Waals surface area contributed by atoms with Gasteiger partial charge in [0.25, 0.3) is 5.91 Å². The van der Waals surface area contributed by atoms with E-state index in [0.717, 1.165) is 11.3 Å². The number of hydrogen-bond acceptors (Lipinski definition) is 6. The van der Waals surface area contributed by atoms with Crippen LogP contribution in [0.25, 0.3) is 0 Å². The van der Waals surface area contributed by atoms with Crippen LogP contribution in [-0.4, -0.2) is 28.5 Å². The molecule has 0 aliphatic carbocycles. The number of aryl methyl sites for hydroxylation is 1. The maximum absolute atomic E-state index is 12.3. The lowest BCUT2D eigenvalue weighted by molar-refractivity contribution is 0.0526. The number of nitrogens with zero attached hydrogens (tertiary/aromatic N) is 2. The van der Waals surface area contributed by atoms with E-state index in [9.17, 15) is 9.59 Å². The lowest BCUT2D eigenvalue weighted by atomic mass is 10.2. The van der Waals surface area contributed by atoms with E-state index in [1.165, 1.54) is 12.4 Å². The minimum atomic E-state index is -0.398. The molecular formula is C21H20N4O3. The molecule has 2 aromatic carbocycles. The molecule has 28 heavy (non-hydrogen) atoms. The van der Waals surface area contributed by atoms with Crippen molar-refractivity contribution < 1.29 is 14.3 Å². The summed E-state index contributed by atoms with van der Waals surface area (Å²) < 4.78 is 4.93. The summed E-state index contributed by atoms with van der Waals surface area (Å²) in [6, 6.07) is 14.3. The van der Waals surface area contributed by atoms with Crippen molar-refractivity contribution in [2.45, 2.75) is 13.8 Å². The van der Waals surface area contributed by atoms with Crippen molar-refractivity contribution in [3.8, 4) is 0 Å². The van der Waals surface area contributed by atoms with Gasteiger partial charge in [0.1, 0.15) is 0 Å².